The van der Waals surface area contributed by atoms with Gasteiger partial charge >= 0.3 is 0 Å². The summed E-state index contributed by atoms with van der Waals surface area (Å²) in [7, 11) is -1.93. The molecule has 0 aliphatic carbocycles. The topological polar surface area (TPSA) is 79.6 Å². The van der Waals surface area contributed by atoms with Crippen molar-refractivity contribution in [3.05, 3.63) is 35.4 Å². The summed E-state index contributed by atoms with van der Waals surface area (Å²) < 4.78 is 37.9. The molecule has 1 aliphatic heterocycles. The molecule has 1 aliphatic rings. The molecule has 0 amide bonds. The normalized spacial score (nSPS) is 21.7. The number of morpholine rings is 1. The lowest BCUT2D eigenvalue weighted by Gasteiger charge is -2.41. The summed E-state index contributed by atoms with van der Waals surface area (Å²) in [6.45, 7) is 4.66. The van der Waals surface area contributed by atoms with E-state index in [0.717, 1.165) is 0 Å². The summed E-state index contributed by atoms with van der Waals surface area (Å²) in [5.41, 5.74) is 0.497. The minimum Gasteiger partial charge on any atom is -0.382 e. The van der Waals surface area contributed by atoms with Crippen LogP contribution in [0.1, 0.15) is 25.0 Å². The highest BCUT2D eigenvalue weighted by Crippen LogP contribution is 2.25. The molecule has 1 aromatic carbocycles. The number of methoxy groups -OCH3 is 1. The Balaban J connectivity index is 2.19. The van der Waals surface area contributed by atoms with E-state index in [1.54, 1.807) is 31.4 Å². The van der Waals surface area contributed by atoms with E-state index in [-0.39, 0.29) is 18.4 Å². The van der Waals surface area contributed by atoms with Gasteiger partial charge in [-0.3, -0.25) is 0 Å². The van der Waals surface area contributed by atoms with Crippen molar-refractivity contribution in [3.63, 3.8) is 0 Å². The second kappa shape index (κ2) is 6.97. The maximum atomic E-state index is 12.7. The summed E-state index contributed by atoms with van der Waals surface area (Å²) in [4.78, 5) is 0. The number of hydrogen-bond donors (Lipinski definition) is 0. The number of sulfonamides is 1. The first-order chi connectivity index (χ1) is 10.8. The Morgan fingerprint density at radius 3 is 2.87 bits per heavy atom. The highest BCUT2D eigenvalue weighted by atomic mass is 32.2. The Bertz CT molecular complexity index is 694. The van der Waals surface area contributed by atoms with Gasteiger partial charge in [0.1, 0.15) is 0 Å². The van der Waals surface area contributed by atoms with Gasteiger partial charge in [-0.2, -0.15) is 9.57 Å². The van der Waals surface area contributed by atoms with Gasteiger partial charge in [-0.05, 0) is 31.5 Å². The molecule has 1 heterocycles. The Morgan fingerprint density at radius 1 is 1.48 bits per heavy atom. The van der Waals surface area contributed by atoms with E-state index >= 15 is 0 Å². The summed E-state index contributed by atoms with van der Waals surface area (Å²) in [6, 6.07) is 8.70. The summed E-state index contributed by atoms with van der Waals surface area (Å²) >= 11 is 0. The lowest BCUT2D eigenvalue weighted by Crippen LogP contribution is -2.55. The van der Waals surface area contributed by atoms with Crippen LogP contribution in [0.3, 0.4) is 0 Å². The van der Waals surface area contributed by atoms with Gasteiger partial charge in [0.25, 0.3) is 0 Å². The lowest BCUT2D eigenvalue weighted by atomic mass is 10.1. The fourth-order valence-corrected chi connectivity index (χ4v) is 4.44. The van der Waals surface area contributed by atoms with Gasteiger partial charge in [-0.25, -0.2) is 8.42 Å². The molecular formula is C16H22N2O4S. The van der Waals surface area contributed by atoms with Gasteiger partial charge in [0.05, 0.1) is 35.7 Å². The van der Waals surface area contributed by atoms with Crippen LogP contribution < -0.4 is 0 Å². The molecule has 1 atom stereocenters. The molecule has 0 spiro atoms. The van der Waals surface area contributed by atoms with Crippen LogP contribution >= 0.6 is 0 Å². The van der Waals surface area contributed by atoms with Crippen LogP contribution in [0.15, 0.2) is 24.3 Å². The molecule has 23 heavy (non-hydrogen) atoms. The van der Waals surface area contributed by atoms with Crippen molar-refractivity contribution in [2.45, 2.75) is 31.3 Å². The number of hydrogen-bond acceptors (Lipinski definition) is 5. The molecule has 1 aromatic rings. The predicted molar refractivity (Wildman–Crippen MR) is 86.2 cm³/mol. The van der Waals surface area contributed by atoms with E-state index in [1.165, 1.54) is 4.31 Å². The molecule has 7 heteroatoms. The van der Waals surface area contributed by atoms with Crippen molar-refractivity contribution in [1.82, 2.24) is 4.31 Å². The summed E-state index contributed by atoms with van der Waals surface area (Å²) in [5.74, 6) is -0.127. The molecular weight excluding hydrogens is 316 g/mol. The standard InChI is InChI=1S/C16H22N2O4S/c1-16(2)12-18(9-15(22-16)10-21-3)23(19,20)11-14-6-4-5-13(7-14)8-17/h4-7,15H,9-12H2,1-3H3/t15-/m0/s1. The maximum absolute atomic E-state index is 12.7. The fourth-order valence-electron chi connectivity index (χ4n) is 2.76. The van der Waals surface area contributed by atoms with E-state index in [9.17, 15) is 8.42 Å². The van der Waals surface area contributed by atoms with Crippen molar-refractivity contribution in [1.29, 1.82) is 5.26 Å². The lowest BCUT2D eigenvalue weighted by molar-refractivity contribution is -0.135. The predicted octanol–water partition coefficient (Wildman–Crippen LogP) is 1.51. The average molecular weight is 338 g/mol. The van der Waals surface area contributed by atoms with Crippen molar-refractivity contribution in [2.24, 2.45) is 0 Å². The summed E-state index contributed by atoms with van der Waals surface area (Å²) in [6.07, 6.45) is -0.288. The molecule has 1 saturated heterocycles. The molecule has 0 bridgehead atoms. The average Bonchev–Trinajstić information content (AvgIpc) is 2.45. The van der Waals surface area contributed by atoms with Crippen LogP contribution in [0.25, 0.3) is 0 Å². The monoisotopic (exact) mass is 338 g/mol. The molecule has 126 valence electrons. The third-order valence-corrected chi connectivity index (χ3v) is 5.36. The maximum Gasteiger partial charge on any atom is 0.218 e. The fraction of sp³-hybridized carbons (Fsp3) is 0.562. The Labute approximate surface area is 137 Å². The molecule has 0 aromatic heterocycles. The molecule has 2 rings (SSSR count). The molecule has 0 N–H and O–H groups in total. The molecule has 6 nitrogen and oxygen atoms in total. The van der Waals surface area contributed by atoms with Crippen LogP contribution in [0.4, 0.5) is 0 Å². The number of nitriles is 1. The third kappa shape index (κ3) is 4.75. The number of nitrogens with zero attached hydrogens (tertiary/aromatic N) is 2. The van der Waals surface area contributed by atoms with Crippen LogP contribution in [0.5, 0.6) is 0 Å². The highest BCUT2D eigenvalue weighted by molar-refractivity contribution is 7.88. The van der Waals surface area contributed by atoms with Gasteiger partial charge in [-0.1, -0.05) is 12.1 Å². The first-order valence-corrected chi connectivity index (χ1v) is 9.00. The van der Waals surface area contributed by atoms with Crippen LogP contribution in [-0.2, 0) is 25.2 Å². The van der Waals surface area contributed by atoms with Crippen LogP contribution in [0, 0.1) is 11.3 Å². The minimum absolute atomic E-state index is 0.127. The van der Waals surface area contributed by atoms with Crippen molar-refractivity contribution in [2.75, 3.05) is 26.8 Å². The quantitative estimate of drug-likeness (QED) is 0.813. The highest BCUT2D eigenvalue weighted by Gasteiger charge is 2.38. The number of ether oxygens (including phenoxy) is 2. The van der Waals surface area contributed by atoms with E-state index in [4.69, 9.17) is 14.7 Å². The third-order valence-electron chi connectivity index (χ3n) is 3.60. The van der Waals surface area contributed by atoms with Gasteiger partial charge in [0, 0.05) is 20.2 Å². The first-order valence-electron chi connectivity index (χ1n) is 7.39. The SMILES string of the molecule is COC[C@@H]1CN(S(=O)(=O)Cc2cccc(C#N)c2)CC(C)(C)O1. The van der Waals surface area contributed by atoms with Gasteiger partial charge < -0.3 is 9.47 Å². The molecule has 0 radical (unpaired) electrons. The number of rotatable bonds is 5. The smallest absolute Gasteiger partial charge is 0.218 e. The second-order valence-electron chi connectivity index (χ2n) is 6.32. The Kier molecular flexibility index (Phi) is 5.42. The van der Waals surface area contributed by atoms with Gasteiger partial charge in [-0.15, -0.1) is 0 Å². The molecule has 0 saturated carbocycles. The minimum atomic E-state index is -3.50. The van der Waals surface area contributed by atoms with Crippen LogP contribution in [-0.4, -0.2) is 51.2 Å². The Morgan fingerprint density at radius 2 is 2.22 bits per heavy atom. The van der Waals surface area contributed by atoms with Crippen molar-refractivity contribution < 1.29 is 17.9 Å². The zero-order chi connectivity index (χ0) is 17.1. The second-order valence-corrected chi connectivity index (χ2v) is 8.28. The zero-order valence-electron chi connectivity index (χ0n) is 13.7. The van der Waals surface area contributed by atoms with Gasteiger partial charge in [0.2, 0.25) is 10.0 Å². The van der Waals surface area contributed by atoms with Crippen molar-refractivity contribution in [3.8, 4) is 6.07 Å². The zero-order valence-corrected chi connectivity index (χ0v) is 14.5. The van der Waals surface area contributed by atoms with Gasteiger partial charge in [0.15, 0.2) is 0 Å². The first kappa shape index (κ1) is 17.9. The van der Waals surface area contributed by atoms with Crippen molar-refractivity contribution >= 4 is 10.0 Å². The Hall–Kier alpha value is -1.46. The molecule has 1 fully saturated rings. The number of benzene rings is 1. The van der Waals surface area contributed by atoms with Crippen LogP contribution in [0.2, 0.25) is 0 Å². The van der Waals surface area contributed by atoms with E-state index in [2.05, 4.69) is 0 Å². The van der Waals surface area contributed by atoms with E-state index < -0.39 is 15.6 Å². The summed E-state index contributed by atoms with van der Waals surface area (Å²) in [5, 5.41) is 8.93. The molecule has 0 unspecified atom stereocenters. The van der Waals surface area contributed by atoms with E-state index in [0.29, 0.717) is 24.3 Å². The largest absolute Gasteiger partial charge is 0.382 e. The van der Waals surface area contributed by atoms with E-state index in [1.807, 2.05) is 19.9 Å².